The van der Waals surface area contributed by atoms with Gasteiger partial charge in [-0.1, -0.05) is 35.9 Å². The van der Waals surface area contributed by atoms with Crippen LogP contribution in [-0.2, 0) is 11.4 Å². The molecular formula is C20H18N2O2S. The smallest absolute Gasteiger partial charge is 0.248 e. The van der Waals surface area contributed by atoms with Crippen LogP contribution in [0.5, 0.6) is 5.75 Å². The third-order valence-corrected chi connectivity index (χ3v) is 4.22. The summed E-state index contributed by atoms with van der Waals surface area (Å²) in [5, 5.41) is 2.83. The highest BCUT2D eigenvalue weighted by Crippen LogP contribution is 2.19. The SMILES string of the molecule is Cc1ccc(COc2cccc(NC(=O)/C=C/c3cncs3)c2)cc1. The molecule has 5 heteroatoms. The molecule has 3 aromatic rings. The minimum atomic E-state index is -0.191. The van der Waals surface area contributed by atoms with E-state index in [-0.39, 0.29) is 5.91 Å². The monoisotopic (exact) mass is 350 g/mol. The first-order chi connectivity index (χ1) is 12.2. The van der Waals surface area contributed by atoms with E-state index in [1.54, 1.807) is 17.8 Å². The maximum atomic E-state index is 12.0. The number of aromatic nitrogens is 1. The average molecular weight is 350 g/mol. The summed E-state index contributed by atoms with van der Waals surface area (Å²) < 4.78 is 5.80. The first-order valence-electron chi connectivity index (χ1n) is 7.85. The number of hydrogen-bond donors (Lipinski definition) is 1. The van der Waals surface area contributed by atoms with E-state index in [0.717, 1.165) is 10.4 Å². The normalized spacial score (nSPS) is 10.8. The highest BCUT2D eigenvalue weighted by atomic mass is 32.1. The molecule has 0 spiro atoms. The van der Waals surface area contributed by atoms with Crippen LogP contribution in [-0.4, -0.2) is 10.9 Å². The van der Waals surface area contributed by atoms with Crippen LogP contribution >= 0.6 is 11.3 Å². The Bertz CT molecular complexity index is 856. The number of anilines is 1. The van der Waals surface area contributed by atoms with Crippen LogP contribution in [0.1, 0.15) is 16.0 Å². The Hall–Kier alpha value is -2.92. The number of thiazole rings is 1. The molecule has 0 saturated heterocycles. The van der Waals surface area contributed by atoms with Crippen molar-refractivity contribution in [1.29, 1.82) is 0 Å². The molecule has 1 N–H and O–H groups in total. The molecule has 1 amide bonds. The number of carbonyl (C=O) groups excluding carboxylic acids is 1. The van der Waals surface area contributed by atoms with E-state index in [2.05, 4.69) is 29.4 Å². The molecule has 0 atom stereocenters. The fourth-order valence-electron chi connectivity index (χ4n) is 2.16. The Balaban J connectivity index is 1.57. The Kier molecular flexibility index (Phi) is 5.59. The lowest BCUT2D eigenvalue weighted by atomic mass is 10.2. The Labute approximate surface area is 150 Å². The van der Waals surface area contributed by atoms with E-state index in [4.69, 9.17) is 4.74 Å². The van der Waals surface area contributed by atoms with Crippen molar-refractivity contribution in [3.63, 3.8) is 0 Å². The highest BCUT2D eigenvalue weighted by Gasteiger charge is 2.01. The average Bonchev–Trinajstić information content (AvgIpc) is 3.13. The molecular weight excluding hydrogens is 332 g/mol. The van der Waals surface area contributed by atoms with Gasteiger partial charge in [-0.05, 0) is 30.7 Å². The van der Waals surface area contributed by atoms with Crippen LogP contribution in [0.25, 0.3) is 6.08 Å². The Morgan fingerprint density at radius 2 is 2.08 bits per heavy atom. The summed E-state index contributed by atoms with van der Waals surface area (Å²) in [5.41, 5.74) is 4.75. The lowest BCUT2D eigenvalue weighted by molar-refractivity contribution is -0.111. The third kappa shape index (κ3) is 5.29. The van der Waals surface area contributed by atoms with Crippen LogP contribution in [0.4, 0.5) is 5.69 Å². The number of aryl methyl sites for hydroxylation is 1. The molecule has 126 valence electrons. The molecule has 0 aliphatic heterocycles. The number of rotatable bonds is 6. The lowest BCUT2D eigenvalue weighted by Gasteiger charge is -2.09. The number of nitrogens with one attached hydrogen (secondary N) is 1. The molecule has 1 heterocycles. The molecule has 0 aliphatic rings. The first-order valence-corrected chi connectivity index (χ1v) is 8.73. The van der Waals surface area contributed by atoms with Gasteiger partial charge in [-0.15, -0.1) is 11.3 Å². The summed E-state index contributed by atoms with van der Waals surface area (Å²) in [6.07, 6.45) is 4.95. The van der Waals surface area contributed by atoms with Gasteiger partial charge >= 0.3 is 0 Å². The van der Waals surface area contributed by atoms with Gasteiger partial charge in [0, 0.05) is 28.9 Å². The molecule has 0 unspecified atom stereocenters. The molecule has 2 aromatic carbocycles. The highest BCUT2D eigenvalue weighted by molar-refractivity contribution is 7.10. The van der Waals surface area contributed by atoms with Gasteiger partial charge in [0.25, 0.3) is 0 Å². The number of amides is 1. The van der Waals surface area contributed by atoms with E-state index >= 15 is 0 Å². The van der Waals surface area contributed by atoms with E-state index < -0.39 is 0 Å². The van der Waals surface area contributed by atoms with Crippen molar-refractivity contribution in [2.45, 2.75) is 13.5 Å². The first kappa shape index (κ1) is 16.9. The summed E-state index contributed by atoms with van der Waals surface area (Å²) in [7, 11) is 0. The topological polar surface area (TPSA) is 51.2 Å². The lowest BCUT2D eigenvalue weighted by Crippen LogP contribution is -2.07. The maximum absolute atomic E-state index is 12.0. The van der Waals surface area contributed by atoms with Crippen LogP contribution in [0, 0.1) is 6.92 Å². The van der Waals surface area contributed by atoms with E-state index in [1.807, 2.05) is 36.4 Å². The molecule has 0 saturated carbocycles. The zero-order valence-corrected chi connectivity index (χ0v) is 14.6. The Morgan fingerprint density at radius 3 is 2.84 bits per heavy atom. The van der Waals surface area contributed by atoms with Gasteiger partial charge in [0.15, 0.2) is 0 Å². The van der Waals surface area contributed by atoms with Gasteiger partial charge in [-0.2, -0.15) is 0 Å². The number of benzene rings is 2. The molecule has 0 bridgehead atoms. The summed E-state index contributed by atoms with van der Waals surface area (Å²) in [6, 6.07) is 15.6. The molecule has 0 aliphatic carbocycles. The van der Waals surface area contributed by atoms with Gasteiger partial charge in [0.1, 0.15) is 12.4 Å². The number of carbonyl (C=O) groups is 1. The zero-order chi connectivity index (χ0) is 17.5. The Morgan fingerprint density at radius 1 is 1.24 bits per heavy atom. The standard InChI is InChI=1S/C20H18N2O2S/c1-15-5-7-16(8-6-15)13-24-18-4-2-3-17(11-18)22-20(23)10-9-19-12-21-14-25-19/h2-12,14H,13H2,1H3,(H,22,23)/b10-9+. The van der Waals surface area contributed by atoms with Gasteiger partial charge in [0.2, 0.25) is 5.91 Å². The van der Waals surface area contributed by atoms with Gasteiger partial charge in [0.05, 0.1) is 5.51 Å². The molecule has 4 nitrogen and oxygen atoms in total. The molecule has 25 heavy (non-hydrogen) atoms. The molecule has 1 aromatic heterocycles. The largest absolute Gasteiger partial charge is 0.489 e. The minimum Gasteiger partial charge on any atom is -0.489 e. The second-order valence-corrected chi connectivity index (χ2v) is 6.45. The minimum absolute atomic E-state index is 0.191. The predicted octanol–water partition coefficient (Wildman–Crippen LogP) is 4.68. The van der Waals surface area contributed by atoms with Crippen molar-refractivity contribution >= 4 is 29.0 Å². The van der Waals surface area contributed by atoms with Crippen molar-refractivity contribution in [2.75, 3.05) is 5.32 Å². The summed E-state index contributed by atoms with van der Waals surface area (Å²) in [5.74, 6) is 0.522. The number of ether oxygens (including phenoxy) is 1. The summed E-state index contributed by atoms with van der Waals surface area (Å²) >= 11 is 1.48. The molecule has 0 fully saturated rings. The predicted molar refractivity (Wildman–Crippen MR) is 102 cm³/mol. The third-order valence-electron chi connectivity index (χ3n) is 3.48. The van der Waals surface area contributed by atoms with Gasteiger partial charge in [-0.25, -0.2) is 0 Å². The van der Waals surface area contributed by atoms with Crippen LogP contribution in [0.3, 0.4) is 0 Å². The van der Waals surface area contributed by atoms with E-state index in [9.17, 15) is 4.79 Å². The number of hydrogen-bond acceptors (Lipinski definition) is 4. The van der Waals surface area contributed by atoms with Crippen molar-refractivity contribution in [3.05, 3.63) is 82.3 Å². The second-order valence-electron chi connectivity index (χ2n) is 5.53. The summed E-state index contributed by atoms with van der Waals surface area (Å²) in [4.78, 5) is 16.9. The number of nitrogens with zero attached hydrogens (tertiary/aromatic N) is 1. The fourth-order valence-corrected chi connectivity index (χ4v) is 2.68. The van der Waals surface area contributed by atoms with E-state index in [1.165, 1.54) is 23.0 Å². The maximum Gasteiger partial charge on any atom is 0.248 e. The van der Waals surface area contributed by atoms with Crippen molar-refractivity contribution in [3.8, 4) is 5.75 Å². The van der Waals surface area contributed by atoms with Crippen molar-refractivity contribution < 1.29 is 9.53 Å². The van der Waals surface area contributed by atoms with Crippen molar-refractivity contribution in [1.82, 2.24) is 4.98 Å². The van der Waals surface area contributed by atoms with Crippen LogP contribution in [0.15, 0.2) is 66.3 Å². The van der Waals surface area contributed by atoms with Crippen LogP contribution < -0.4 is 10.1 Å². The van der Waals surface area contributed by atoms with Gasteiger partial charge in [-0.3, -0.25) is 9.78 Å². The van der Waals surface area contributed by atoms with E-state index in [0.29, 0.717) is 18.0 Å². The second kappa shape index (κ2) is 8.26. The quantitative estimate of drug-likeness (QED) is 0.657. The zero-order valence-electron chi connectivity index (χ0n) is 13.8. The van der Waals surface area contributed by atoms with Crippen LogP contribution in [0.2, 0.25) is 0 Å². The molecule has 0 radical (unpaired) electrons. The van der Waals surface area contributed by atoms with Gasteiger partial charge < -0.3 is 10.1 Å². The van der Waals surface area contributed by atoms with Crippen molar-refractivity contribution in [2.24, 2.45) is 0 Å². The molecule has 3 rings (SSSR count). The fraction of sp³-hybridized carbons (Fsp3) is 0.100. The summed E-state index contributed by atoms with van der Waals surface area (Å²) in [6.45, 7) is 2.54.